The molecule has 4 nitrogen and oxygen atoms in total. The number of aliphatic hydroxyl groups is 1. The van der Waals surface area contributed by atoms with Gasteiger partial charge >= 0.3 is 6.18 Å². The zero-order valence-electron chi connectivity index (χ0n) is 15.2. The fraction of sp³-hybridized carbons (Fsp3) is 0.350. The van der Waals surface area contributed by atoms with Crippen LogP contribution in [0.25, 0.3) is 0 Å². The Morgan fingerprint density at radius 2 is 1.82 bits per heavy atom. The summed E-state index contributed by atoms with van der Waals surface area (Å²) in [5.41, 5.74) is -3.44. The van der Waals surface area contributed by atoms with E-state index in [1.807, 2.05) is 0 Å². The van der Waals surface area contributed by atoms with Crippen molar-refractivity contribution >= 4 is 5.78 Å². The van der Waals surface area contributed by atoms with Gasteiger partial charge in [0.05, 0.1) is 12.1 Å². The predicted molar refractivity (Wildman–Crippen MR) is 93.5 cm³/mol. The fourth-order valence-corrected chi connectivity index (χ4v) is 3.08. The van der Waals surface area contributed by atoms with E-state index in [-0.39, 0.29) is 29.8 Å². The molecule has 1 aliphatic rings. The topological polar surface area (TPSA) is 58.6 Å². The Labute approximate surface area is 159 Å². The largest absolute Gasteiger partial charge is 0.483 e. The molecule has 1 heterocycles. The Kier molecular flexibility index (Phi) is 4.97. The molecule has 1 aliphatic heterocycles. The number of fused-ring (bicyclic) bond motifs is 1. The molecule has 0 radical (unpaired) electrons. The Balaban J connectivity index is 1.82. The van der Waals surface area contributed by atoms with Gasteiger partial charge in [-0.05, 0) is 61.9 Å². The molecule has 3 rings (SSSR count). The molecule has 2 aromatic rings. The van der Waals surface area contributed by atoms with E-state index in [9.17, 15) is 27.5 Å². The molecule has 2 N–H and O–H groups in total. The monoisotopic (exact) mass is 397 g/mol. The average Bonchev–Trinajstić information content (AvgIpc) is 2.60. The highest BCUT2D eigenvalue weighted by Gasteiger charge is 2.50. The molecule has 0 aromatic heterocycles. The van der Waals surface area contributed by atoms with Crippen molar-refractivity contribution in [1.82, 2.24) is 5.32 Å². The van der Waals surface area contributed by atoms with Crippen LogP contribution in [0.2, 0.25) is 0 Å². The summed E-state index contributed by atoms with van der Waals surface area (Å²) >= 11 is 0. The SMILES string of the molecule is CC1(C)Oc2ccc(C(F)(F)F)cc2CC1(O)NCC(=O)c1ccc(F)cc1. The second-order valence-electron chi connectivity index (χ2n) is 7.25. The normalized spacial score (nSPS) is 21.0. The van der Waals surface area contributed by atoms with E-state index in [2.05, 4.69) is 5.32 Å². The van der Waals surface area contributed by atoms with E-state index in [1.165, 1.54) is 18.2 Å². The van der Waals surface area contributed by atoms with E-state index in [0.717, 1.165) is 24.3 Å². The van der Waals surface area contributed by atoms with Crippen molar-refractivity contribution in [3.05, 3.63) is 65.0 Å². The highest BCUT2D eigenvalue weighted by molar-refractivity contribution is 5.97. The van der Waals surface area contributed by atoms with E-state index in [0.29, 0.717) is 0 Å². The van der Waals surface area contributed by atoms with Crippen LogP contribution in [0.4, 0.5) is 17.6 Å². The molecule has 0 spiro atoms. The molecule has 1 unspecified atom stereocenters. The molecule has 0 fully saturated rings. The number of nitrogens with one attached hydrogen (secondary N) is 1. The maximum atomic E-state index is 13.0. The zero-order chi connectivity index (χ0) is 20.7. The number of halogens is 4. The van der Waals surface area contributed by atoms with Crippen LogP contribution in [0.5, 0.6) is 5.75 Å². The van der Waals surface area contributed by atoms with Gasteiger partial charge in [0.1, 0.15) is 17.2 Å². The van der Waals surface area contributed by atoms with Crippen molar-refractivity contribution in [1.29, 1.82) is 0 Å². The number of carbonyl (C=O) groups excluding carboxylic acids is 1. The summed E-state index contributed by atoms with van der Waals surface area (Å²) in [7, 11) is 0. The van der Waals surface area contributed by atoms with Crippen LogP contribution in [-0.4, -0.2) is 28.8 Å². The van der Waals surface area contributed by atoms with Gasteiger partial charge in [-0.25, -0.2) is 4.39 Å². The van der Waals surface area contributed by atoms with Gasteiger partial charge in [0.15, 0.2) is 11.5 Å². The number of carbonyl (C=O) groups is 1. The molecule has 0 saturated heterocycles. The third-order valence-corrected chi connectivity index (χ3v) is 4.90. The zero-order valence-corrected chi connectivity index (χ0v) is 15.2. The summed E-state index contributed by atoms with van der Waals surface area (Å²) in [5, 5.41) is 13.8. The van der Waals surface area contributed by atoms with E-state index >= 15 is 0 Å². The number of alkyl halides is 3. The molecule has 150 valence electrons. The van der Waals surface area contributed by atoms with Gasteiger partial charge in [0, 0.05) is 12.0 Å². The highest BCUT2D eigenvalue weighted by atomic mass is 19.4. The molecular formula is C20H19F4NO3. The number of hydrogen-bond donors (Lipinski definition) is 2. The number of rotatable bonds is 4. The minimum atomic E-state index is -4.52. The lowest BCUT2D eigenvalue weighted by molar-refractivity contribution is -0.147. The van der Waals surface area contributed by atoms with Crippen LogP contribution < -0.4 is 10.1 Å². The number of ether oxygens (including phenoxy) is 1. The summed E-state index contributed by atoms with van der Waals surface area (Å²) in [6.45, 7) is 2.84. The van der Waals surface area contributed by atoms with Gasteiger partial charge in [0.2, 0.25) is 0 Å². The highest BCUT2D eigenvalue weighted by Crippen LogP contribution is 2.41. The second kappa shape index (κ2) is 6.86. The van der Waals surface area contributed by atoms with Crippen LogP contribution in [-0.2, 0) is 12.6 Å². The van der Waals surface area contributed by atoms with Crippen LogP contribution >= 0.6 is 0 Å². The summed E-state index contributed by atoms with van der Waals surface area (Å²) < 4.78 is 57.6. The van der Waals surface area contributed by atoms with Gasteiger partial charge in [-0.3, -0.25) is 10.1 Å². The number of benzene rings is 2. The molecule has 0 aliphatic carbocycles. The first-order valence-corrected chi connectivity index (χ1v) is 8.57. The second-order valence-corrected chi connectivity index (χ2v) is 7.25. The van der Waals surface area contributed by atoms with Crippen LogP contribution in [0.15, 0.2) is 42.5 Å². The summed E-state index contributed by atoms with van der Waals surface area (Å²) in [6, 6.07) is 8.00. The van der Waals surface area contributed by atoms with Crippen molar-refractivity contribution in [2.45, 2.75) is 37.8 Å². The number of ketones is 1. The van der Waals surface area contributed by atoms with E-state index < -0.39 is 34.7 Å². The quantitative estimate of drug-likeness (QED) is 0.469. The summed E-state index contributed by atoms with van der Waals surface area (Å²) in [4.78, 5) is 12.3. The van der Waals surface area contributed by atoms with Crippen molar-refractivity contribution in [3.8, 4) is 5.75 Å². The predicted octanol–water partition coefficient (Wildman–Crippen LogP) is 3.72. The minimum absolute atomic E-state index is 0.179. The number of Topliss-reactive ketones (excluding diaryl/α,β-unsaturated/α-hetero) is 1. The van der Waals surface area contributed by atoms with Gasteiger partial charge in [-0.2, -0.15) is 13.2 Å². The maximum absolute atomic E-state index is 13.0. The van der Waals surface area contributed by atoms with Crippen molar-refractivity contribution in [3.63, 3.8) is 0 Å². The first kappa shape index (κ1) is 20.3. The van der Waals surface area contributed by atoms with Crippen molar-refractivity contribution < 1.29 is 32.2 Å². The third kappa shape index (κ3) is 3.88. The van der Waals surface area contributed by atoms with Crippen molar-refractivity contribution in [2.75, 3.05) is 6.54 Å². The summed E-state index contributed by atoms with van der Waals surface area (Å²) in [5.74, 6) is -0.643. The van der Waals surface area contributed by atoms with Gasteiger partial charge in [-0.1, -0.05) is 0 Å². The molecule has 0 amide bonds. The standard InChI is InChI=1S/C20H19F4NO3/c1-18(2)19(27,25-11-16(26)12-3-6-15(21)7-4-12)10-13-9-14(20(22,23)24)5-8-17(13)28-18/h3-9,25,27H,10-11H2,1-2H3. The first-order valence-electron chi connectivity index (χ1n) is 8.57. The van der Waals surface area contributed by atoms with Crippen LogP contribution in [0.1, 0.15) is 35.3 Å². The van der Waals surface area contributed by atoms with Gasteiger partial charge in [0.25, 0.3) is 0 Å². The maximum Gasteiger partial charge on any atom is 0.416 e. The Morgan fingerprint density at radius 1 is 1.18 bits per heavy atom. The lowest BCUT2D eigenvalue weighted by Gasteiger charge is -2.47. The molecular weight excluding hydrogens is 378 g/mol. The minimum Gasteiger partial charge on any atom is -0.483 e. The molecule has 1 atom stereocenters. The molecule has 2 aromatic carbocycles. The van der Waals surface area contributed by atoms with Crippen LogP contribution in [0, 0.1) is 5.82 Å². The molecule has 0 saturated carbocycles. The lowest BCUT2D eigenvalue weighted by atomic mass is 9.84. The molecule has 8 heteroatoms. The molecule has 0 bridgehead atoms. The first-order chi connectivity index (χ1) is 12.9. The number of hydrogen-bond acceptors (Lipinski definition) is 4. The van der Waals surface area contributed by atoms with Gasteiger partial charge in [-0.15, -0.1) is 0 Å². The fourth-order valence-electron chi connectivity index (χ4n) is 3.08. The third-order valence-electron chi connectivity index (χ3n) is 4.90. The Morgan fingerprint density at radius 3 is 2.43 bits per heavy atom. The average molecular weight is 397 g/mol. The van der Waals surface area contributed by atoms with E-state index in [1.54, 1.807) is 13.8 Å². The summed E-state index contributed by atoms with van der Waals surface area (Å²) in [6.07, 6.45) is -4.71. The smallest absolute Gasteiger partial charge is 0.416 e. The van der Waals surface area contributed by atoms with Gasteiger partial charge < -0.3 is 9.84 Å². The van der Waals surface area contributed by atoms with Crippen molar-refractivity contribution in [2.24, 2.45) is 0 Å². The Bertz CT molecular complexity index is 893. The lowest BCUT2D eigenvalue weighted by Crippen LogP contribution is -2.66. The van der Waals surface area contributed by atoms with Crippen LogP contribution in [0.3, 0.4) is 0 Å². The Hall–Kier alpha value is -2.45. The van der Waals surface area contributed by atoms with E-state index in [4.69, 9.17) is 4.74 Å². The molecule has 28 heavy (non-hydrogen) atoms.